The fourth-order valence-corrected chi connectivity index (χ4v) is 7.37. The molecule has 0 bridgehead atoms. The summed E-state index contributed by atoms with van der Waals surface area (Å²) in [5.74, 6) is -3.72. The molecule has 2 heterocycles. The summed E-state index contributed by atoms with van der Waals surface area (Å²) >= 11 is 0. The zero-order valence-electron chi connectivity index (χ0n) is 31.1. The molecule has 290 valence electrons. The first kappa shape index (κ1) is 40.0. The Labute approximate surface area is 316 Å². The first-order valence-electron chi connectivity index (χ1n) is 19.3. The van der Waals surface area contributed by atoms with Crippen LogP contribution in [-0.2, 0) is 46.3 Å². The summed E-state index contributed by atoms with van der Waals surface area (Å²) in [6.07, 6.45) is 9.89. The topological polar surface area (TPSA) is 202 Å². The number of para-hydroxylation sites is 1. The van der Waals surface area contributed by atoms with Crippen LogP contribution in [0.2, 0.25) is 0 Å². The van der Waals surface area contributed by atoms with Gasteiger partial charge in [-0.25, -0.2) is 0 Å². The Kier molecular flexibility index (Phi) is 14.2. The van der Waals surface area contributed by atoms with Gasteiger partial charge >= 0.3 is 5.97 Å². The van der Waals surface area contributed by atoms with E-state index in [0.29, 0.717) is 12.8 Å². The SMILES string of the molecule is C[C@]1(Cc2c[nH]c3ccccc23)NC(=O)CCCCCCC[C@@H](C(=O)N[C@@H](CC(=O)OC2CCCCC2)C(=O)N[C@@H](Cc2ccccc2)C(N)=O)NC1=O. The van der Waals surface area contributed by atoms with E-state index < -0.39 is 59.7 Å². The van der Waals surface area contributed by atoms with Gasteiger partial charge in [-0.05, 0) is 62.6 Å². The third-order valence-corrected chi connectivity index (χ3v) is 10.5. The van der Waals surface area contributed by atoms with Crippen LogP contribution >= 0.6 is 0 Å². The predicted molar refractivity (Wildman–Crippen MR) is 204 cm³/mol. The molecule has 1 saturated carbocycles. The van der Waals surface area contributed by atoms with Gasteiger partial charge in [-0.1, -0.05) is 80.6 Å². The Morgan fingerprint density at radius 3 is 2.28 bits per heavy atom. The van der Waals surface area contributed by atoms with E-state index in [-0.39, 0.29) is 37.7 Å². The number of esters is 1. The molecule has 13 heteroatoms. The molecule has 54 heavy (non-hydrogen) atoms. The molecule has 1 aliphatic heterocycles. The van der Waals surface area contributed by atoms with Crippen LogP contribution in [0, 0.1) is 0 Å². The van der Waals surface area contributed by atoms with E-state index in [1.54, 1.807) is 31.2 Å². The summed E-state index contributed by atoms with van der Waals surface area (Å²) in [6, 6.07) is 13.0. The van der Waals surface area contributed by atoms with Gasteiger partial charge in [0.1, 0.15) is 29.8 Å². The van der Waals surface area contributed by atoms with Crippen LogP contribution in [0.4, 0.5) is 0 Å². The van der Waals surface area contributed by atoms with Gasteiger partial charge in [-0.3, -0.25) is 28.8 Å². The molecule has 0 radical (unpaired) electrons. The molecule has 4 atom stereocenters. The molecule has 7 N–H and O–H groups in total. The molecule has 1 aliphatic carbocycles. The summed E-state index contributed by atoms with van der Waals surface area (Å²) in [6.45, 7) is 1.64. The van der Waals surface area contributed by atoms with Crippen molar-refractivity contribution in [3.8, 4) is 0 Å². The number of aromatic amines is 1. The number of carbonyl (C=O) groups excluding carboxylic acids is 6. The largest absolute Gasteiger partial charge is 0.462 e. The number of nitrogens with two attached hydrogens (primary N) is 1. The van der Waals surface area contributed by atoms with Crippen molar-refractivity contribution < 1.29 is 33.5 Å². The van der Waals surface area contributed by atoms with Gasteiger partial charge in [0, 0.05) is 36.4 Å². The van der Waals surface area contributed by atoms with Crippen LogP contribution in [0.5, 0.6) is 0 Å². The molecule has 0 unspecified atom stereocenters. The van der Waals surface area contributed by atoms with Crippen LogP contribution in [-0.4, -0.2) is 70.3 Å². The average molecular weight is 743 g/mol. The van der Waals surface area contributed by atoms with E-state index in [1.807, 2.05) is 36.5 Å². The third-order valence-electron chi connectivity index (χ3n) is 10.5. The van der Waals surface area contributed by atoms with Crippen molar-refractivity contribution in [3.63, 3.8) is 0 Å². The third kappa shape index (κ3) is 11.4. The maximum atomic E-state index is 14.3. The lowest BCUT2D eigenvalue weighted by Crippen LogP contribution is -2.62. The van der Waals surface area contributed by atoms with Gasteiger partial charge in [-0.15, -0.1) is 0 Å². The van der Waals surface area contributed by atoms with Crippen molar-refractivity contribution in [3.05, 3.63) is 71.9 Å². The highest BCUT2D eigenvalue weighted by atomic mass is 16.5. The zero-order valence-corrected chi connectivity index (χ0v) is 31.1. The van der Waals surface area contributed by atoms with E-state index in [1.165, 1.54) is 0 Å². The lowest BCUT2D eigenvalue weighted by atomic mass is 9.90. The van der Waals surface area contributed by atoms with Gasteiger partial charge in [0.25, 0.3) is 0 Å². The highest BCUT2D eigenvalue weighted by Gasteiger charge is 2.39. The molecule has 1 aromatic heterocycles. The van der Waals surface area contributed by atoms with E-state index in [9.17, 15) is 28.8 Å². The minimum Gasteiger partial charge on any atom is -0.462 e. The van der Waals surface area contributed by atoms with Crippen LogP contribution < -0.4 is 27.0 Å². The lowest BCUT2D eigenvalue weighted by Gasteiger charge is -2.32. The number of amides is 5. The minimum absolute atomic E-state index is 0.106. The molecule has 2 aliphatic rings. The number of nitrogens with one attached hydrogen (secondary N) is 5. The highest BCUT2D eigenvalue weighted by Crippen LogP contribution is 2.25. The number of primary amides is 1. The van der Waals surface area contributed by atoms with Gasteiger partial charge < -0.3 is 36.7 Å². The van der Waals surface area contributed by atoms with Crippen molar-refractivity contribution in [2.45, 2.75) is 133 Å². The average Bonchev–Trinajstić information content (AvgIpc) is 3.55. The van der Waals surface area contributed by atoms with Crippen molar-refractivity contribution in [1.82, 2.24) is 26.3 Å². The molecule has 0 spiro atoms. The molecule has 1 saturated heterocycles. The Morgan fingerprint density at radius 1 is 0.852 bits per heavy atom. The summed E-state index contributed by atoms with van der Waals surface area (Å²) in [7, 11) is 0. The molecular formula is C41H54N6O7. The maximum absolute atomic E-state index is 14.3. The number of benzene rings is 2. The Balaban J connectivity index is 1.37. The number of fused-ring (bicyclic) bond motifs is 1. The number of H-pyrrole nitrogens is 1. The predicted octanol–water partition coefficient (Wildman–Crippen LogP) is 3.78. The van der Waals surface area contributed by atoms with Crippen LogP contribution in [0.3, 0.4) is 0 Å². The first-order valence-corrected chi connectivity index (χ1v) is 19.3. The molecule has 5 amide bonds. The summed E-state index contributed by atoms with van der Waals surface area (Å²) in [4.78, 5) is 84.4. The van der Waals surface area contributed by atoms with E-state index >= 15 is 0 Å². The molecule has 5 rings (SSSR count). The first-order chi connectivity index (χ1) is 26.0. The summed E-state index contributed by atoms with van der Waals surface area (Å²) in [5.41, 5.74) is 6.73. The number of rotatable bonds is 12. The second-order valence-corrected chi connectivity index (χ2v) is 14.9. The maximum Gasteiger partial charge on any atom is 0.308 e. The number of carbonyl (C=O) groups is 6. The molecule has 2 aromatic carbocycles. The van der Waals surface area contributed by atoms with Crippen molar-refractivity contribution in [2.24, 2.45) is 5.73 Å². The van der Waals surface area contributed by atoms with Gasteiger partial charge in [0.15, 0.2) is 0 Å². The van der Waals surface area contributed by atoms with Crippen LogP contribution in [0.15, 0.2) is 60.8 Å². The fourth-order valence-electron chi connectivity index (χ4n) is 7.37. The minimum atomic E-state index is -1.43. The van der Waals surface area contributed by atoms with Crippen molar-refractivity contribution in [2.75, 3.05) is 0 Å². The van der Waals surface area contributed by atoms with Gasteiger partial charge in [-0.2, -0.15) is 0 Å². The van der Waals surface area contributed by atoms with Gasteiger partial charge in [0.05, 0.1) is 6.42 Å². The van der Waals surface area contributed by atoms with Crippen molar-refractivity contribution in [1.29, 1.82) is 0 Å². The second-order valence-electron chi connectivity index (χ2n) is 14.9. The Morgan fingerprint density at radius 2 is 1.52 bits per heavy atom. The fraction of sp³-hybridized carbons (Fsp3) is 0.512. The smallest absolute Gasteiger partial charge is 0.308 e. The Hall–Kier alpha value is -5.20. The lowest BCUT2D eigenvalue weighted by molar-refractivity contribution is -0.152. The number of hydrogen-bond donors (Lipinski definition) is 6. The number of ether oxygens (including phenoxy) is 1. The van der Waals surface area contributed by atoms with Crippen LogP contribution in [0.25, 0.3) is 10.9 Å². The summed E-state index contributed by atoms with van der Waals surface area (Å²) < 4.78 is 5.71. The zero-order chi connectivity index (χ0) is 38.5. The molecule has 3 aromatic rings. The monoisotopic (exact) mass is 742 g/mol. The van der Waals surface area contributed by atoms with E-state index in [4.69, 9.17) is 10.5 Å². The van der Waals surface area contributed by atoms with E-state index in [2.05, 4.69) is 26.3 Å². The van der Waals surface area contributed by atoms with Gasteiger partial charge in [0.2, 0.25) is 29.5 Å². The molecule has 2 fully saturated rings. The quantitative estimate of drug-likeness (QED) is 0.152. The second kappa shape index (κ2) is 19.2. The van der Waals surface area contributed by atoms with Crippen LogP contribution in [0.1, 0.15) is 102 Å². The molecular weight excluding hydrogens is 688 g/mol. The number of hydrogen-bond acceptors (Lipinski definition) is 7. The molecule has 13 nitrogen and oxygen atoms in total. The normalized spacial score (nSPS) is 21.5. The van der Waals surface area contributed by atoms with E-state index in [0.717, 1.165) is 73.4 Å². The highest BCUT2D eigenvalue weighted by molar-refractivity contribution is 5.98. The standard InChI is InChI=1S/C41H54N6O7/c1-41(25-28-26-43-31-20-14-13-19-30(28)31)40(53)46-32(21-11-3-2-4-12-22-35(48)47-41)38(51)45-34(24-36(49)54-29-17-9-6-10-18-29)39(52)44-33(37(42)50)23-27-15-7-5-8-16-27/h5,7-8,13-16,19-20,26,29,32-34,43H,2-4,6,9-12,17-18,21-25H2,1H3,(H2,42,50)(H,44,52)(H,45,51)(H,46,53)(H,47,48)/t32-,33-,34-,41+/m0/s1. The summed E-state index contributed by atoms with van der Waals surface area (Å²) in [5, 5.41) is 12.1. The Bertz CT molecular complexity index is 1770. The number of aromatic nitrogens is 1. The van der Waals surface area contributed by atoms with Crippen molar-refractivity contribution >= 4 is 46.4 Å².